The van der Waals surface area contributed by atoms with E-state index in [-0.39, 0.29) is 17.9 Å². The molecule has 2 aromatic carbocycles. The molecule has 3 aromatic rings. The Bertz CT molecular complexity index is 813. The van der Waals surface area contributed by atoms with Crippen molar-refractivity contribution in [1.29, 1.82) is 0 Å². The summed E-state index contributed by atoms with van der Waals surface area (Å²) in [6.45, 7) is 0.0620. The fraction of sp³-hybridized carbons (Fsp3) is 0.143. The predicted molar refractivity (Wildman–Crippen MR) is 74.0 cm³/mol. The van der Waals surface area contributed by atoms with Gasteiger partial charge in [0.25, 0.3) is 0 Å². The van der Waals surface area contributed by atoms with Gasteiger partial charge in [0.05, 0.1) is 7.05 Å². The molecule has 0 aliphatic carbocycles. The lowest BCUT2D eigenvalue weighted by atomic mass is 10.1. The number of carboxylic acids is 1. The zero-order valence-corrected chi connectivity index (χ0v) is 11.2. The number of fused-ring (bicyclic) bond motifs is 1. The molecule has 7 nitrogen and oxygen atoms in total. The summed E-state index contributed by atoms with van der Waals surface area (Å²) in [7, 11) is 1.65. The molecule has 106 valence electrons. The maximum atomic E-state index is 11.4. The van der Waals surface area contributed by atoms with Crippen LogP contribution in [-0.2, 0) is 13.7 Å². The highest BCUT2D eigenvalue weighted by molar-refractivity contribution is 5.97. The Morgan fingerprint density at radius 3 is 2.62 bits per heavy atom. The number of aromatic carboxylic acids is 1. The van der Waals surface area contributed by atoms with Gasteiger partial charge in [0.15, 0.2) is 6.61 Å². The molecule has 0 atom stereocenters. The zero-order chi connectivity index (χ0) is 14.8. The van der Waals surface area contributed by atoms with Crippen LogP contribution in [0, 0.1) is 0 Å². The summed E-state index contributed by atoms with van der Waals surface area (Å²) in [5.74, 6) is -0.362. The zero-order valence-electron chi connectivity index (χ0n) is 11.2. The second-order valence-electron chi connectivity index (χ2n) is 4.48. The fourth-order valence-corrected chi connectivity index (χ4v) is 2.03. The lowest BCUT2D eigenvalue weighted by Gasteiger charge is -2.09. The summed E-state index contributed by atoms with van der Waals surface area (Å²) < 4.78 is 5.55. The normalized spacial score (nSPS) is 10.7. The molecule has 1 N–H and O–H groups in total. The number of carboxylic acid groups (broad SMARTS) is 1. The topological polar surface area (TPSA) is 90.1 Å². The molecule has 0 aliphatic rings. The van der Waals surface area contributed by atoms with Gasteiger partial charge in [0, 0.05) is 0 Å². The second kappa shape index (κ2) is 5.20. The number of hydrogen-bond donors (Lipinski definition) is 1. The van der Waals surface area contributed by atoms with E-state index in [1.807, 2.05) is 24.3 Å². The smallest absolute Gasteiger partial charge is 0.339 e. The highest BCUT2D eigenvalue weighted by atomic mass is 16.5. The summed E-state index contributed by atoms with van der Waals surface area (Å²) in [4.78, 5) is 12.7. The Hall–Kier alpha value is -2.96. The molecule has 1 heterocycles. The first-order chi connectivity index (χ1) is 10.1. The number of aromatic nitrogens is 4. The van der Waals surface area contributed by atoms with Crippen LogP contribution in [0.1, 0.15) is 16.2 Å². The molecule has 0 saturated carbocycles. The van der Waals surface area contributed by atoms with E-state index in [1.54, 1.807) is 19.2 Å². The Morgan fingerprint density at radius 1 is 1.29 bits per heavy atom. The number of nitrogens with zero attached hydrogens (tertiary/aromatic N) is 4. The van der Waals surface area contributed by atoms with Crippen LogP contribution in [0.3, 0.4) is 0 Å². The molecule has 0 amide bonds. The van der Waals surface area contributed by atoms with E-state index in [4.69, 9.17) is 4.74 Å². The maximum Gasteiger partial charge on any atom is 0.339 e. The summed E-state index contributed by atoms with van der Waals surface area (Å²) in [5.41, 5.74) is 0.109. The van der Waals surface area contributed by atoms with Crippen molar-refractivity contribution in [3.63, 3.8) is 0 Å². The average Bonchev–Trinajstić information content (AvgIpc) is 2.89. The summed E-state index contributed by atoms with van der Waals surface area (Å²) in [6.07, 6.45) is 0. The minimum Gasteiger partial charge on any atom is -0.485 e. The van der Waals surface area contributed by atoms with Gasteiger partial charge in [-0.15, -0.1) is 10.2 Å². The standard InChI is InChI=1S/C14H12N4O3/c1-18-16-13(15-17-18)8-21-12-7-10-5-3-2-4-9(10)6-11(12)14(19)20/h2-7H,8H2,1H3,(H,19,20). The third-order valence-electron chi connectivity index (χ3n) is 2.98. The van der Waals surface area contributed by atoms with Crippen molar-refractivity contribution in [3.8, 4) is 5.75 Å². The van der Waals surface area contributed by atoms with Crippen molar-refractivity contribution in [3.05, 3.63) is 47.8 Å². The molecule has 0 bridgehead atoms. The third kappa shape index (κ3) is 2.66. The van der Waals surface area contributed by atoms with Gasteiger partial charge >= 0.3 is 5.97 Å². The van der Waals surface area contributed by atoms with E-state index >= 15 is 0 Å². The lowest BCUT2D eigenvalue weighted by molar-refractivity contribution is 0.0692. The number of rotatable bonds is 4. The van der Waals surface area contributed by atoms with Crippen molar-refractivity contribution in [2.75, 3.05) is 0 Å². The molecule has 0 radical (unpaired) electrons. The van der Waals surface area contributed by atoms with E-state index in [0.29, 0.717) is 5.82 Å². The van der Waals surface area contributed by atoms with E-state index in [1.165, 1.54) is 4.80 Å². The van der Waals surface area contributed by atoms with Crippen molar-refractivity contribution < 1.29 is 14.6 Å². The van der Waals surface area contributed by atoms with Crippen LogP contribution in [-0.4, -0.2) is 31.3 Å². The number of benzene rings is 2. The van der Waals surface area contributed by atoms with Gasteiger partial charge in [0.2, 0.25) is 5.82 Å². The van der Waals surface area contributed by atoms with E-state index < -0.39 is 5.97 Å². The van der Waals surface area contributed by atoms with E-state index in [2.05, 4.69) is 15.4 Å². The SMILES string of the molecule is Cn1nnc(COc2cc3ccccc3cc2C(=O)O)n1. The lowest BCUT2D eigenvalue weighted by Crippen LogP contribution is -2.05. The summed E-state index contributed by atoms with van der Waals surface area (Å²) in [6, 6.07) is 10.8. The highest BCUT2D eigenvalue weighted by Crippen LogP contribution is 2.26. The van der Waals surface area contributed by atoms with Crippen molar-refractivity contribution in [2.24, 2.45) is 7.05 Å². The van der Waals surface area contributed by atoms with Gasteiger partial charge < -0.3 is 9.84 Å². The van der Waals surface area contributed by atoms with Crippen molar-refractivity contribution in [1.82, 2.24) is 20.2 Å². The maximum absolute atomic E-state index is 11.4. The minimum atomic E-state index is -1.04. The average molecular weight is 284 g/mol. The molecule has 0 unspecified atom stereocenters. The Morgan fingerprint density at radius 2 is 2.00 bits per heavy atom. The summed E-state index contributed by atoms with van der Waals surface area (Å²) in [5, 5.41) is 22.5. The Kier molecular flexibility index (Phi) is 3.23. The van der Waals surface area contributed by atoms with Crippen LogP contribution in [0.15, 0.2) is 36.4 Å². The number of tetrazole rings is 1. The van der Waals surface area contributed by atoms with Crippen molar-refractivity contribution >= 4 is 16.7 Å². The Balaban J connectivity index is 1.95. The van der Waals surface area contributed by atoms with Crippen LogP contribution in [0.4, 0.5) is 0 Å². The number of ether oxygens (including phenoxy) is 1. The molecule has 0 saturated heterocycles. The monoisotopic (exact) mass is 284 g/mol. The van der Waals surface area contributed by atoms with Crippen LogP contribution in [0.25, 0.3) is 10.8 Å². The van der Waals surface area contributed by atoms with Gasteiger partial charge in [-0.05, 0) is 28.1 Å². The van der Waals surface area contributed by atoms with Crippen LogP contribution >= 0.6 is 0 Å². The molecule has 0 spiro atoms. The van der Waals surface area contributed by atoms with E-state index in [0.717, 1.165) is 10.8 Å². The van der Waals surface area contributed by atoms with E-state index in [9.17, 15) is 9.90 Å². The van der Waals surface area contributed by atoms with Crippen LogP contribution in [0.5, 0.6) is 5.75 Å². The molecular formula is C14H12N4O3. The summed E-state index contributed by atoms with van der Waals surface area (Å²) >= 11 is 0. The first-order valence-corrected chi connectivity index (χ1v) is 6.25. The molecule has 0 aliphatic heterocycles. The molecule has 3 rings (SSSR count). The van der Waals surface area contributed by atoms with Gasteiger partial charge in [-0.25, -0.2) is 4.79 Å². The molecule has 7 heteroatoms. The third-order valence-corrected chi connectivity index (χ3v) is 2.98. The predicted octanol–water partition coefficient (Wildman–Crippen LogP) is 1.64. The van der Waals surface area contributed by atoms with Gasteiger partial charge in [-0.1, -0.05) is 24.3 Å². The number of aryl methyl sites for hydroxylation is 1. The van der Waals surface area contributed by atoms with Crippen LogP contribution in [0.2, 0.25) is 0 Å². The Labute approximate surface area is 119 Å². The first kappa shape index (κ1) is 13.0. The van der Waals surface area contributed by atoms with Gasteiger partial charge in [-0.3, -0.25) is 0 Å². The minimum absolute atomic E-state index is 0.0620. The highest BCUT2D eigenvalue weighted by Gasteiger charge is 2.14. The van der Waals surface area contributed by atoms with Gasteiger partial charge in [-0.2, -0.15) is 4.80 Å². The second-order valence-corrected chi connectivity index (χ2v) is 4.48. The molecular weight excluding hydrogens is 272 g/mol. The number of carbonyl (C=O) groups is 1. The first-order valence-electron chi connectivity index (χ1n) is 6.25. The molecule has 21 heavy (non-hydrogen) atoms. The van der Waals surface area contributed by atoms with Crippen LogP contribution < -0.4 is 4.74 Å². The van der Waals surface area contributed by atoms with Crippen molar-refractivity contribution in [2.45, 2.75) is 6.61 Å². The largest absolute Gasteiger partial charge is 0.485 e. The quantitative estimate of drug-likeness (QED) is 0.783. The number of hydrogen-bond acceptors (Lipinski definition) is 5. The van der Waals surface area contributed by atoms with Gasteiger partial charge in [0.1, 0.15) is 11.3 Å². The molecule has 1 aromatic heterocycles. The fourth-order valence-electron chi connectivity index (χ4n) is 2.03. The molecule has 0 fully saturated rings.